The van der Waals surface area contributed by atoms with Crippen molar-refractivity contribution in [2.45, 2.75) is 84.4 Å². The van der Waals surface area contributed by atoms with E-state index in [1.807, 2.05) is 0 Å². The number of carbonyl (C=O) groups is 2. The number of alkyl halides is 1. The van der Waals surface area contributed by atoms with Crippen molar-refractivity contribution in [3.8, 4) is 0 Å². The maximum atomic E-state index is 14.3. The van der Waals surface area contributed by atoms with Crippen LogP contribution >= 0.6 is 0 Å². The Morgan fingerprint density at radius 1 is 1.08 bits per heavy atom. The van der Waals surface area contributed by atoms with Gasteiger partial charge in [-0.05, 0) is 74.0 Å². The summed E-state index contributed by atoms with van der Waals surface area (Å²) in [5.74, 6) is 1.72. The molecule has 4 saturated carbocycles. The quantitative estimate of drug-likeness (QED) is 0.655. The van der Waals surface area contributed by atoms with Gasteiger partial charge in [-0.1, -0.05) is 13.8 Å². The average Bonchev–Trinajstić information content (AvgIpc) is 2.85. The summed E-state index contributed by atoms with van der Waals surface area (Å²) in [4.78, 5) is 23.4. The molecule has 4 aliphatic carbocycles. The Hall–Kier alpha value is -0.930. The molecule has 0 aromatic rings. The van der Waals surface area contributed by atoms with Crippen LogP contribution in [-0.2, 0) is 14.3 Å². The van der Waals surface area contributed by atoms with Crippen LogP contribution in [0.2, 0.25) is 0 Å². The molecule has 8 atom stereocenters. The molecule has 0 aromatic heterocycles. The Balaban J connectivity index is 1.59. The zero-order valence-electron chi connectivity index (χ0n) is 15.7. The van der Waals surface area contributed by atoms with Crippen molar-refractivity contribution in [2.24, 2.45) is 34.5 Å². The summed E-state index contributed by atoms with van der Waals surface area (Å²) in [5, 5.41) is 0. The first kappa shape index (κ1) is 17.5. The number of Topliss-reactive ketones (excluding diaryl/α,β-unsaturated/α-hetero) is 1. The minimum atomic E-state index is -1.26. The molecule has 0 aromatic carbocycles. The summed E-state index contributed by atoms with van der Waals surface area (Å²) >= 11 is 0. The molecule has 0 bridgehead atoms. The SMILES string of the molecule is CC(=O)OC1CCC2C3CCC4CC(=O)C(F)CC4(C)C3CCC12C. The van der Waals surface area contributed by atoms with E-state index in [2.05, 4.69) is 13.8 Å². The molecule has 8 unspecified atom stereocenters. The van der Waals surface area contributed by atoms with Crippen LogP contribution in [0.3, 0.4) is 0 Å². The summed E-state index contributed by atoms with van der Waals surface area (Å²) in [6.45, 7) is 6.08. The largest absolute Gasteiger partial charge is 0.462 e. The zero-order chi connectivity index (χ0) is 18.0. The molecule has 0 spiro atoms. The van der Waals surface area contributed by atoms with Gasteiger partial charge in [-0.3, -0.25) is 9.59 Å². The fourth-order valence-electron chi connectivity index (χ4n) is 7.40. The monoisotopic (exact) mass is 350 g/mol. The Morgan fingerprint density at radius 2 is 1.80 bits per heavy atom. The van der Waals surface area contributed by atoms with Crippen LogP contribution in [0, 0.1) is 34.5 Å². The van der Waals surface area contributed by atoms with Crippen molar-refractivity contribution in [1.82, 2.24) is 0 Å². The van der Waals surface area contributed by atoms with Gasteiger partial charge in [0.05, 0.1) is 0 Å². The highest BCUT2D eigenvalue weighted by Gasteiger charge is 2.61. The van der Waals surface area contributed by atoms with E-state index in [0.717, 1.165) is 38.5 Å². The van der Waals surface area contributed by atoms with Gasteiger partial charge < -0.3 is 4.74 Å². The van der Waals surface area contributed by atoms with Gasteiger partial charge in [0, 0.05) is 18.8 Å². The van der Waals surface area contributed by atoms with Gasteiger partial charge in [0.2, 0.25) is 0 Å². The highest BCUT2D eigenvalue weighted by atomic mass is 19.1. The normalized spacial score (nSPS) is 52.1. The van der Waals surface area contributed by atoms with E-state index in [1.54, 1.807) is 0 Å². The highest BCUT2D eigenvalue weighted by molar-refractivity contribution is 5.84. The molecular weight excluding hydrogens is 319 g/mol. The predicted molar refractivity (Wildman–Crippen MR) is 92.6 cm³/mol. The summed E-state index contributed by atoms with van der Waals surface area (Å²) in [5.41, 5.74) is 0.0483. The maximum Gasteiger partial charge on any atom is 0.302 e. The third-order valence-electron chi connectivity index (χ3n) is 8.70. The molecule has 140 valence electrons. The number of halogens is 1. The molecule has 4 rings (SSSR count). The third kappa shape index (κ3) is 2.49. The lowest BCUT2D eigenvalue weighted by Crippen LogP contribution is -2.56. The summed E-state index contributed by atoms with van der Waals surface area (Å²) in [6.07, 6.45) is 6.10. The molecule has 4 fully saturated rings. The standard InChI is InChI=1S/C21H31FO3/c1-12(23)25-19-7-6-15-14-5-4-13-10-18(24)17(22)11-21(13,3)16(14)8-9-20(15,19)2/h13-17,19H,4-11H2,1-3H3. The van der Waals surface area contributed by atoms with Crippen LogP contribution in [0.4, 0.5) is 4.39 Å². The number of hydrogen-bond acceptors (Lipinski definition) is 3. The lowest BCUT2D eigenvalue weighted by Gasteiger charge is -2.60. The fraction of sp³-hybridized carbons (Fsp3) is 0.905. The minimum absolute atomic E-state index is 0.0307. The number of hydrogen-bond donors (Lipinski definition) is 0. The number of esters is 1. The Morgan fingerprint density at radius 3 is 2.52 bits per heavy atom. The summed E-state index contributed by atoms with van der Waals surface area (Å²) in [6, 6.07) is 0. The second-order valence-corrected chi connectivity index (χ2v) is 9.72. The van der Waals surface area contributed by atoms with Crippen molar-refractivity contribution in [3.05, 3.63) is 0 Å². The molecule has 25 heavy (non-hydrogen) atoms. The van der Waals surface area contributed by atoms with Gasteiger partial charge in [0.15, 0.2) is 12.0 Å². The van der Waals surface area contributed by atoms with E-state index in [1.165, 1.54) is 6.92 Å². The van der Waals surface area contributed by atoms with Gasteiger partial charge in [-0.15, -0.1) is 0 Å². The van der Waals surface area contributed by atoms with E-state index < -0.39 is 6.17 Å². The number of ketones is 1. The van der Waals surface area contributed by atoms with Crippen molar-refractivity contribution < 1.29 is 18.7 Å². The first-order valence-corrected chi connectivity index (χ1v) is 10.1. The van der Waals surface area contributed by atoms with Crippen molar-refractivity contribution in [2.75, 3.05) is 0 Å². The number of ether oxygens (including phenoxy) is 1. The van der Waals surface area contributed by atoms with E-state index in [-0.39, 0.29) is 28.7 Å². The Bertz CT molecular complexity index is 590. The molecule has 4 aliphatic rings. The Kier molecular flexibility index (Phi) is 4.05. The maximum absolute atomic E-state index is 14.3. The van der Waals surface area contributed by atoms with E-state index in [4.69, 9.17) is 4.74 Å². The predicted octanol–water partition coefficient (Wildman–Crippen LogP) is 4.48. The third-order valence-corrected chi connectivity index (χ3v) is 8.70. The van der Waals surface area contributed by atoms with Crippen LogP contribution in [0.5, 0.6) is 0 Å². The molecular formula is C21H31FO3. The number of fused-ring (bicyclic) bond motifs is 5. The molecule has 0 radical (unpaired) electrons. The smallest absolute Gasteiger partial charge is 0.302 e. The van der Waals surface area contributed by atoms with E-state index in [0.29, 0.717) is 36.5 Å². The highest BCUT2D eigenvalue weighted by Crippen LogP contribution is 2.66. The first-order chi connectivity index (χ1) is 11.8. The Labute approximate surface area is 150 Å². The van der Waals surface area contributed by atoms with Gasteiger partial charge in [-0.2, -0.15) is 0 Å². The number of carbonyl (C=O) groups excluding carboxylic acids is 2. The molecule has 3 nitrogen and oxygen atoms in total. The van der Waals surface area contributed by atoms with Crippen LogP contribution in [0.15, 0.2) is 0 Å². The second-order valence-electron chi connectivity index (χ2n) is 9.72. The minimum Gasteiger partial charge on any atom is -0.462 e. The number of rotatable bonds is 1. The second kappa shape index (κ2) is 5.79. The first-order valence-electron chi connectivity index (χ1n) is 10.1. The molecule has 0 amide bonds. The summed E-state index contributed by atoms with van der Waals surface area (Å²) in [7, 11) is 0. The molecule has 0 saturated heterocycles. The van der Waals surface area contributed by atoms with Crippen LogP contribution < -0.4 is 0 Å². The van der Waals surface area contributed by atoms with Crippen LogP contribution in [0.1, 0.15) is 72.1 Å². The molecule has 0 heterocycles. The topological polar surface area (TPSA) is 43.4 Å². The zero-order valence-corrected chi connectivity index (χ0v) is 15.7. The van der Waals surface area contributed by atoms with Crippen molar-refractivity contribution in [1.29, 1.82) is 0 Å². The van der Waals surface area contributed by atoms with Gasteiger partial charge in [-0.25, -0.2) is 4.39 Å². The van der Waals surface area contributed by atoms with Crippen molar-refractivity contribution in [3.63, 3.8) is 0 Å². The van der Waals surface area contributed by atoms with Gasteiger partial charge in [0.1, 0.15) is 6.10 Å². The van der Waals surface area contributed by atoms with Crippen LogP contribution in [0.25, 0.3) is 0 Å². The van der Waals surface area contributed by atoms with Crippen molar-refractivity contribution >= 4 is 11.8 Å². The molecule has 4 heteroatoms. The fourth-order valence-corrected chi connectivity index (χ4v) is 7.40. The average molecular weight is 350 g/mol. The van der Waals surface area contributed by atoms with Gasteiger partial charge >= 0.3 is 5.97 Å². The summed E-state index contributed by atoms with van der Waals surface area (Å²) < 4.78 is 20.0. The lowest BCUT2D eigenvalue weighted by molar-refractivity contribution is -0.164. The van der Waals surface area contributed by atoms with E-state index >= 15 is 0 Å². The molecule has 0 aliphatic heterocycles. The van der Waals surface area contributed by atoms with Gasteiger partial charge in [0.25, 0.3) is 0 Å². The van der Waals surface area contributed by atoms with E-state index in [9.17, 15) is 14.0 Å². The molecule has 0 N–H and O–H groups in total. The van der Waals surface area contributed by atoms with Crippen LogP contribution in [-0.4, -0.2) is 24.0 Å². The lowest BCUT2D eigenvalue weighted by atomic mass is 9.45.